The monoisotopic (exact) mass is 470 g/mol. The van der Waals surface area contributed by atoms with Gasteiger partial charge in [-0.15, -0.1) is 0 Å². The van der Waals surface area contributed by atoms with Crippen LogP contribution in [0, 0.1) is 17.8 Å². The number of likely N-dealkylation sites (tertiary alicyclic amines) is 1. The van der Waals surface area contributed by atoms with Gasteiger partial charge in [0.25, 0.3) is 0 Å². The number of nitrogens with one attached hydrogen (secondary N) is 1. The molecule has 0 spiro atoms. The molecule has 0 aromatic carbocycles. The van der Waals surface area contributed by atoms with E-state index in [-0.39, 0.29) is 30.8 Å². The average Bonchev–Trinajstić information content (AvgIpc) is 3.36. The van der Waals surface area contributed by atoms with Crippen LogP contribution in [-0.2, 0) is 20.9 Å². The van der Waals surface area contributed by atoms with Crippen LogP contribution in [0.5, 0.6) is 0 Å². The van der Waals surface area contributed by atoms with Crippen LogP contribution in [0.15, 0.2) is 16.8 Å². The quantitative estimate of drug-likeness (QED) is 0.647. The molecule has 6 nitrogen and oxygen atoms in total. The molecule has 174 valence electrons. The molecule has 1 amide bonds. The zero-order chi connectivity index (χ0) is 22.8. The van der Waals surface area contributed by atoms with Crippen molar-refractivity contribution in [3.05, 3.63) is 22.4 Å². The molecule has 1 saturated carbocycles. The number of hydrogen-bond acceptors (Lipinski definition) is 5. The van der Waals surface area contributed by atoms with Crippen LogP contribution in [0.2, 0.25) is 0 Å². The van der Waals surface area contributed by atoms with Gasteiger partial charge in [-0.25, -0.2) is 13.6 Å². The van der Waals surface area contributed by atoms with Gasteiger partial charge in [-0.2, -0.15) is 24.5 Å². The Morgan fingerprint density at radius 1 is 1.29 bits per heavy atom. The van der Waals surface area contributed by atoms with Crippen molar-refractivity contribution in [1.82, 2.24) is 10.2 Å². The van der Waals surface area contributed by atoms with E-state index < -0.39 is 24.0 Å². The second kappa shape index (κ2) is 9.37. The molecular formula is C19H23F5N2O4S. The van der Waals surface area contributed by atoms with E-state index in [4.69, 9.17) is 14.6 Å². The van der Waals surface area contributed by atoms with Gasteiger partial charge in [0.2, 0.25) is 11.8 Å². The summed E-state index contributed by atoms with van der Waals surface area (Å²) in [7, 11) is 0. The van der Waals surface area contributed by atoms with Crippen molar-refractivity contribution in [2.24, 2.45) is 17.8 Å². The Hall–Kier alpha value is -1.79. The Morgan fingerprint density at radius 3 is 2.52 bits per heavy atom. The number of aliphatic carboxylic acids is 1. The predicted octanol–water partition coefficient (Wildman–Crippen LogP) is 2.99. The van der Waals surface area contributed by atoms with Crippen molar-refractivity contribution in [2.45, 2.75) is 37.6 Å². The molecule has 1 aliphatic carbocycles. The SMILES string of the molecule is O=C(NC[C@H]1CO[C@@H]2CN(Cc3ccsc3)C[C@H]12)C1CC(F)(F)C1.O=C(O)C(F)(F)F. The van der Waals surface area contributed by atoms with Crippen LogP contribution in [-0.4, -0.2) is 66.3 Å². The minimum absolute atomic E-state index is 0.225. The number of ether oxygens (including phenoxy) is 1. The molecule has 0 bridgehead atoms. The molecule has 1 aromatic heterocycles. The van der Waals surface area contributed by atoms with Crippen molar-refractivity contribution in [3.63, 3.8) is 0 Å². The number of fused-ring (bicyclic) bond motifs is 1. The smallest absolute Gasteiger partial charge is 0.475 e. The number of amides is 1. The Morgan fingerprint density at radius 2 is 1.97 bits per heavy atom. The molecule has 3 atom stereocenters. The second-order valence-corrected chi connectivity index (χ2v) is 8.91. The third-order valence-electron chi connectivity index (χ3n) is 5.74. The van der Waals surface area contributed by atoms with Gasteiger partial charge in [-0.05, 0) is 22.4 Å². The summed E-state index contributed by atoms with van der Waals surface area (Å²) in [5.41, 5.74) is 1.33. The number of nitrogens with zero attached hydrogens (tertiary/aromatic N) is 1. The van der Waals surface area contributed by atoms with Crippen LogP contribution in [0.4, 0.5) is 22.0 Å². The third-order valence-corrected chi connectivity index (χ3v) is 6.47. The van der Waals surface area contributed by atoms with Crippen molar-refractivity contribution < 1.29 is 41.4 Å². The van der Waals surface area contributed by atoms with Gasteiger partial charge in [0.15, 0.2) is 0 Å². The molecule has 0 unspecified atom stereocenters. The first-order valence-electron chi connectivity index (χ1n) is 9.75. The van der Waals surface area contributed by atoms with Gasteiger partial charge in [-0.3, -0.25) is 9.69 Å². The molecule has 0 radical (unpaired) electrons. The van der Waals surface area contributed by atoms with Gasteiger partial charge in [0.05, 0.1) is 12.7 Å². The lowest BCUT2D eigenvalue weighted by Gasteiger charge is -2.34. The molecule has 4 rings (SSSR count). The average molecular weight is 470 g/mol. The van der Waals surface area contributed by atoms with Crippen LogP contribution in [0.25, 0.3) is 0 Å². The lowest BCUT2D eigenvalue weighted by Crippen LogP contribution is -2.46. The Labute approximate surface area is 179 Å². The summed E-state index contributed by atoms with van der Waals surface area (Å²) >= 11 is 1.71. The fourth-order valence-electron chi connectivity index (χ4n) is 4.08. The molecule has 3 aliphatic rings. The minimum atomic E-state index is -5.08. The van der Waals surface area contributed by atoms with E-state index in [1.54, 1.807) is 11.3 Å². The van der Waals surface area contributed by atoms with Crippen LogP contribution >= 0.6 is 11.3 Å². The molecule has 31 heavy (non-hydrogen) atoms. The maximum atomic E-state index is 12.9. The first-order chi connectivity index (χ1) is 14.4. The zero-order valence-electron chi connectivity index (χ0n) is 16.4. The van der Waals surface area contributed by atoms with E-state index in [2.05, 4.69) is 27.0 Å². The lowest BCUT2D eigenvalue weighted by atomic mass is 9.80. The highest BCUT2D eigenvalue weighted by Gasteiger charge is 2.49. The minimum Gasteiger partial charge on any atom is -0.475 e. The van der Waals surface area contributed by atoms with Crippen molar-refractivity contribution >= 4 is 23.2 Å². The number of carbonyl (C=O) groups excluding carboxylic acids is 1. The summed E-state index contributed by atoms with van der Waals surface area (Å²) in [6.45, 7) is 4.04. The van der Waals surface area contributed by atoms with Gasteiger partial charge >= 0.3 is 12.1 Å². The fourth-order valence-corrected chi connectivity index (χ4v) is 4.74. The molecule has 12 heteroatoms. The number of carboxylic acid groups (broad SMARTS) is 1. The molecule has 3 fully saturated rings. The number of hydrogen-bond donors (Lipinski definition) is 2. The summed E-state index contributed by atoms with van der Waals surface area (Å²) in [6, 6.07) is 2.14. The largest absolute Gasteiger partial charge is 0.490 e. The standard InChI is InChI=1S/C17H22F2N2O2S.C2HF3O2/c18-17(19)3-12(4-17)16(22)20-5-13-9-23-15-8-21(7-14(13)15)6-11-1-2-24-10-11;3-2(4,5)1(6)7/h1-2,10,12-15H,3-9H2,(H,20,22);(H,6,7)/t13-,14+,15+;/m0./s1. The summed E-state index contributed by atoms with van der Waals surface area (Å²) in [4.78, 5) is 23.2. The summed E-state index contributed by atoms with van der Waals surface area (Å²) in [5.74, 6) is -5.43. The number of rotatable bonds is 5. The van der Waals surface area contributed by atoms with Crippen molar-refractivity contribution in [3.8, 4) is 0 Å². The van der Waals surface area contributed by atoms with Crippen molar-refractivity contribution in [2.75, 3.05) is 26.2 Å². The number of halogens is 5. The zero-order valence-corrected chi connectivity index (χ0v) is 17.2. The van der Waals surface area contributed by atoms with E-state index in [1.165, 1.54) is 5.56 Å². The first-order valence-corrected chi connectivity index (χ1v) is 10.7. The van der Waals surface area contributed by atoms with Gasteiger partial charge in [0.1, 0.15) is 0 Å². The molecular weight excluding hydrogens is 447 g/mol. The maximum Gasteiger partial charge on any atom is 0.490 e. The first kappa shape index (κ1) is 23.9. The predicted molar refractivity (Wildman–Crippen MR) is 101 cm³/mol. The fraction of sp³-hybridized carbons (Fsp3) is 0.684. The molecule has 3 heterocycles. The second-order valence-electron chi connectivity index (χ2n) is 8.13. The van der Waals surface area contributed by atoms with E-state index in [0.29, 0.717) is 19.1 Å². The Kier molecular flexibility index (Phi) is 7.21. The number of carboxylic acids is 1. The Balaban J connectivity index is 0.000000339. The maximum absolute atomic E-state index is 12.9. The Bertz CT molecular complexity index is 766. The third kappa shape index (κ3) is 6.36. The normalized spacial score (nSPS) is 27.7. The summed E-state index contributed by atoms with van der Waals surface area (Å²) < 4.78 is 63.4. The van der Waals surface area contributed by atoms with Crippen LogP contribution in [0.1, 0.15) is 18.4 Å². The summed E-state index contributed by atoms with van der Waals surface area (Å²) in [5, 5.41) is 14.2. The number of alkyl halides is 5. The summed E-state index contributed by atoms with van der Waals surface area (Å²) in [6.07, 6.45) is -5.46. The van der Waals surface area contributed by atoms with Gasteiger partial charge in [-0.1, -0.05) is 0 Å². The van der Waals surface area contributed by atoms with Crippen molar-refractivity contribution in [1.29, 1.82) is 0 Å². The van der Waals surface area contributed by atoms with E-state index in [1.807, 2.05) is 0 Å². The van der Waals surface area contributed by atoms with E-state index in [0.717, 1.165) is 19.6 Å². The molecule has 2 aliphatic heterocycles. The highest BCUT2D eigenvalue weighted by atomic mass is 32.1. The molecule has 1 aromatic rings. The van der Waals surface area contributed by atoms with Gasteiger partial charge in [0, 0.05) is 56.8 Å². The van der Waals surface area contributed by atoms with E-state index in [9.17, 15) is 26.7 Å². The molecule has 2 saturated heterocycles. The topological polar surface area (TPSA) is 78.9 Å². The highest BCUT2D eigenvalue weighted by Crippen LogP contribution is 2.42. The highest BCUT2D eigenvalue weighted by molar-refractivity contribution is 7.07. The van der Waals surface area contributed by atoms with Crippen LogP contribution < -0.4 is 5.32 Å². The molecule has 2 N–H and O–H groups in total. The number of thiophene rings is 1. The van der Waals surface area contributed by atoms with Crippen LogP contribution in [0.3, 0.4) is 0 Å². The number of carbonyl (C=O) groups is 2. The van der Waals surface area contributed by atoms with E-state index >= 15 is 0 Å². The lowest BCUT2D eigenvalue weighted by molar-refractivity contribution is -0.192. The van der Waals surface area contributed by atoms with Gasteiger partial charge < -0.3 is 15.2 Å².